The molecule has 1 amide bonds. The molecule has 0 saturated carbocycles. The lowest BCUT2D eigenvalue weighted by Gasteiger charge is -2.22. The summed E-state index contributed by atoms with van der Waals surface area (Å²) in [5, 5.41) is 2.97. The van der Waals surface area contributed by atoms with Gasteiger partial charge in [0.2, 0.25) is 0 Å². The number of para-hydroxylation sites is 1. The molecule has 2 aliphatic rings. The Morgan fingerprint density at radius 1 is 0.967 bits per heavy atom. The number of nitrogens with one attached hydrogen (secondary N) is 1. The molecule has 0 unspecified atom stereocenters. The fourth-order valence-corrected chi connectivity index (χ4v) is 4.21. The molecule has 30 heavy (non-hydrogen) atoms. The zero-order valence-corrected chi connectivity index (χ0v) is 17.6. The summed E-state index contributed by atoms with van der Waals surface area (Å²) in [7, 11) is 0. The summed E-state index contributed by atoms with van der Waals surface area (Å²) >= 11 is 0. The third-order valence-corrected chi connectivity index (χ3v) is 5.82. The van der Waals surface area contributed by atoms with Gasteiger partial charge >= 0.3 is 0 Å². The molecule has 2 aliphatic heterocycles. The number of likely N-dealkylation sites (tertiary alicyclic amines) is 1. The molecule has 1 aromatic carbocycles. The summed E-state index contributed by atoms with van der Waals surface area (Å²) in [4.78, 5) is 21.8. The molecular weight excluding hydrogens is 372 g/mol. The van der Waals surface area contributed by atoms with Crippen LogP contribution in [0.1, 0.15) is 55.3 Å². The van der Waals surface area contributed by atoms with E-state index in [0.29, 0.717) is 12.1 Å². The van der Waals surface area contributed by atoms with Gasteiger partial charge in [0.15, 0.2) is 5.82 Å². The zero-order chi connectivity index (χ0) is 20.6. The van der Waals surface area contributed by atoms with Gasteiger partial charge in [-0.1, -0.05) is 30.9 Å². The largest absolute Gasteiger partial charge is 0.319 e. The number of benzene rings is 1. The Hall–Kier alpha value is -2.84. The number of carbonyl (C=O) groups excluding carboxylic acids is 1. The molecule has 0 aliphatic carbocycles. The smallest absolute Gasteiger partial charge is 0.257 e. The zero-order valence-electron chi connectivity index (χ0n) is 17.6. The van der Waals surface area contributed by atoms with Crippen molar-refractivity contribution in [2.24, 2.45) is 0 Å². The molecule has 0 spiro atoms. The Bertz CT molecular complexity index is 922. The van der Waals surface area contributed by atoms with E-state index in [1.165, 1.54) is 51.7 Å². The van der Waals surface area contributed by atoms with Gasteiger partial charge in [0.1, 0.15) is 0 Å². The van der Waals surface area contributed by atoms with Crippen molar-refractivity contribution < 1.29 is 4.79 Å². The molecule has 5 nitrogen and oxygen atoms in total. The molecule has 1 aromatic heterocycles. The lowest BCUT2D eigenvalue weighted by Crippen LogP contribution is -2.25. The highest BCUT2D eigenvalue weighted by Crippen LogP contribution is 2.35. The second kappa shape index (κ2) is 10.3. The Kier molecular flexibility index (Phi) is 6.99. The van der Waals surface area contributed by atoms with Crippen LogP contribution in [0, 0.1) is 11.8 Å². The van der Waals surface area contributed by atoms with Crippen LogP contribution in [-0.2, 0) is 0 Å². The first-order chi connectivity index (χ1) is 14.8. The van der Waals surface area contributed by atoms with E-state index in [1.54, 1.807) is 6.20 Å². The van der Waals surface area contributed by atoms with E-state index in [0.717, 1.165) is 30.0 Å². The van der Waals surface area contributed by atoms with E-state index in [-0.39, 0.29) is 5.91 Å². The van der Waals surface area contributed by atoms with Gasteiger partial charge in [-0.15, -0.1) is 5.92 Å². The van der Waals surface area contributed by atoms with Crippen molar-refractivity contribution in [1.29, 1.82) is 0 Å². The molecule has 1 fully saturated rings. The molecule has 1 saturated heterocycles. The van der Waals surface area contributed by atoms with E-state index in [9.17, 15) is 4.79 Å². The maximum atomic E-state index is 12.6. The Morgan fingerprint density at radius 3 is 2.67 bits per heavy atom. The normalized spacial score (nSPS) is 16.4. The second-order valence-electron chi connectivity index (χ2n) is 8.00. The fraction of sp³-hybridized carbons (Fsp3) is 0.440. The SMILES string of the molecule is O=C1Nc2cccnc2N(CC#CCCCCN2CCCCCC2)c2ccccc21. The molecule has 1 N–H and O–H groups in total. The Morgan fingerprint density at radius 2 is 1.80 bits per heavy atom. The number of nitrogens with zero attached hydrogens (tertiary/aromatic N) is 3. The van der Waals surface area contributed by atoms with E-state index in [2.05, 4.69) is 27.0 Å². The van der Waals surface area contributed by atoms with Crippen molar-refractivity contribution in [3.05, 3.63) is 48.2 Å². The van der Waals surface area contributed by atoms with Gasteiger partial charge in [0.25, 0.3) is 5.91 Å². The van der Waals surface area contributed by atoms with E-state index < -0.39 is 0 Å². The van der Waals surface area contributed by atoms with Crippen molar-refractivity contribution in [2.45, 2.75) is 44.9 Å². The number of pyridine rings is 1. The number of aromatic nitrogens is 1. The summed E-state index contributed by atoms with van der Waals surface area (Å²) in [6.07, 6.45) is 10.5. The highest BCUT2D eigenvalue weighted by atomic mass is 16.1. The van der Waals surface area contributed by atoms with Gasteiger partial charge < -0.3 is 15.1 Å². The van der Waals surface area contributed by atoms with Crippen molar-refractivity contribution in [1.82, 2.24) is 9.88 Å². The molecular formula is C25H30N4O. The predicted octanol–water partition coefficient (Wildman–Crippen LogP) is 4.84. The molecule has 0 atom stereocenters. The average molecular weight is 403 g/mol. The predicted molar refractivity (Wildman–Crippen MR) is 122 cm³/mol. The monoisotopic (exact) mass is 402 g/mol. The number of amides is 1. The van der Waals surface area contributed by atoms with Gasteiger partial charge in [-0.05, 0) is 69.6 Å². The molecule has 2 aromatic rings. The number of rotatable bonds is 5. The maximum Gasteiger partial charge on any atom is 0.257 e. The van der Waals surface area contributed by atoms with Crippen LogP contribution in [0.15, 0.2) is 42.6 Å². The number of hydrogen-bond acceptors (Lipinski definition) is 4. The lowest BCUT2D eigenvalue weighted by molar-refractivity contribution is 0.102. The topological polar surface area (TPSA) is 48.5 Å². The van der Waals surface area contributed by atoms with Gasteiger partial charge in [0.05, 0.1) is 23.5 Å². The van der Waals surface area contributed by atoms with E-state index in [4.69, 9.17) is 0 Å². The van der Waals surface area contributed by atoms with Crippen molar-refractivity contribution in [3.8, 4) is 11.8 Å². The molecule has 156 valence electrons. The highest BCUT2D eigenvalue weighted by molar-refractivity contribution is 6.12. The number of unbranched alkanes of at least 4 members (excludes halogenated alkanes) is 2. The van der Waals surface area contributed by atoms with Crippen LogP contribution in [0.3, 0.4) is 0 Å². The first-order valence-corrected chi connectivity index (χ1v) is 11.1. The standard InChI is InChI=1S/C25H30N4O/c30-25-21-13-6-7-15-23(21)29(24-22(27-25)14-12-16-26-24)20-11-3-1-2-8-17-28-18-9-4-5-10-19-28/h6-7,12-16H,1-2,4-5,8-10,17-20H2,(H,27,30). The van der Waals surface area contributed by atoms with Gasteiger partial charge in [0, 0.05) is 12.6 Å². The van der Waals surface area contributed by atoms with Gasteiger partial charge in [-0.2, -0.15) is 0 Å². The maximum absolute atomic E-state index is 12.6. The van der Waals surface area contributed by atoms with Crippen LogP contribution in [-0.4, -0.2) is 42.0 Å². The molecule has 5 heteroatoms. The third kappa shape index (κ3) is 5.01. The quantitative estimate of drug-likeness (QED) is 0.575. The van der Waals surface area contributed by atoms with E-state index >= 15 is 0 Å². The van der Waals surface area contributed by atoms with Crippen molar-refractivity contribution in [2.75, 3.05) is 36.4 Å². The number of hydrogen-bond donors (Lipinski definition) is 1. The van der Waals surface area contributed by atoms with E-state index in [1.807, 2.05) is 41.3 Å². The number of fused-ring (bicyclic) bond motifs is 2. The minimum Gasteiger partial charge on any atom is -0.319 e. The van der Waals surface area contributed by atoms with Crippen molar-refractivity contribution in [3.63, 3.8) is 0 Å². The molecule has 0 bridgehead atoms. The summed E-state index contributed by atoms with van der Waals surface area (Å²) in [6, 6.07) is 11.4. The Labute approximate surface area is 179 Å². The summed E-state index contributed by atoms with van der Waals surface area (Å²) in [6.45, 7) is 4.24. The minimum absolute atomic E-state index is 0.108. The summed E-state index contributed by atoms with van der Waals surface area (Å²) < 4.78 is 0. The van der Waals surface area contributed by atoms with Crippen LogP contribution in [0.5, 0.6) is 0 Å². The van der Waals surface area contributed by atoms with Crippen LogP contribution in [0.25, 0.3) is 0 Å². The molecule has 3 heterocycles. The summed E-state index contributed by atoms with van der Waals surface area (Å²) in [5.41, 5.74) is 2.22. The minimum atomic E-state index is -0.108. The lowest BCUT2D eigenvalue weighted by atomic mass is 10.1. The number of anilines is 3. The van der Waals surface area contributed by atoms with Gasteiger partial charge in [-0.3, -0.25) is 4.79 Å². The van der Waals surface area contributed by atoms with Crippen LogP contribution < -0.4 is 10.2 Å². The third-order valence-electron chi connectivity index (χ3n) is 5.82. The Balaban J connectivity index is 1.36. The molecule has 4 rings (SSSR count). The van der Waals surface area contributed by atoms with Crippen LogP contribution >= 0.6 is 0 Å². The first-order valence-electron chi connectivity index (χ1n) is 11.1. The van der Waals surface area contributed by atoms with Crippen molar-refractivity contribution >= 4 is 23.1 Å². The fourth-order valence-electron chi connectivity index (χ4n) is 4.21. The number of carbonyl (C=O) groups is 1. The van der Waals surface area contributed by atoms with Crippen LogP contribution in [0.2, 0.25) is 0 Å². The van der Waals surface area contributed by atoms with Gasteiger partial charge in [-0.25, -0.2) is 4.98 Å². The van der Waals surface area contributed by atoms with Crippen LogP contribution in [0.4, 0.5) is 17.2 Å². The molecule has 0 radical (unpaired) electrons. The highest BCUT2D eigenvalue weighted by Gasteiger charge is 2.25. The average Bonchev–Trinajstić information content (AvgIpc) is 3.10. The second-order valence-corrected chi connectivity index (χ2v) is 8.00. The first kappa shape index (κ1) is 20.4. The summed E-state index contributed by atoms with van der Waals surface area (Å²) in [5.74, 6) is 7.28.